The lowest BCUT2D eigenvalue weighted by molar-refractivity contribution is -0.144. The van der Waals surface area contributed by atoms with E-state index in [1.807, 2.05) is 13.8 Å². The molecule has 1 fully saturated rings. The number of piperidine rings is 1. The van der Waals surface area contributed by atoms with Gasteiger partial charge in [-0.15, -0.1) is 0 Å². The highest BCUT2D eigenvalue weighted by Gasteiger charge is 2.45. The van der Waals surface area contributed by atoms with Gasteiger partial charge in [-0.3, -0.25) is 4.79 Å². The summed E-state index contributed by atoms with van der Waals surface area (Å²) in [7, 11) is 0. The summed E-state index contributed by atoms with van der Waals surface area (Å²) in [5.74, 6) is 0.168. The Morgan fingerprint density at radius 1 is 1.26 bits per heavy atom. The van der Waals surface area contributed by atoms with Crippen LogP contribution in [-0.4, -0.2) is 23.0 Å². The quantitative estimate of drug-likeness (QED) is 0.769. The van der Waals surface area contributed by atoms with Gasteiger partial charge in [-0.1, -0.05) is 6.07 Å². The number of fused-ring (bicyclic) bond motifs is 1. The second-order valence-corrected chi connectivity index (χ2v) is 6.84. The lowest BCUT2D eigenvalue weighted by Crippen LogP contribution is -2.46. The minimum Gasteiger partial charge on any atom is -0.487 e. The fraction of sp³-hybridized carbons (Fsp3) is 0.588. The molecule has 2 heterocycles. The average Bonchev–Trinajstić information content (AvgIpc) is 2.44. The Kier molecular flexibility index (Phi) is 3.81. The molecular weight excluding hydrogens is 307 g/mol. The second-order valence-electron chi connectivity index (χ2n) is 6.84. The molecule has 0 aromatic heterocycles. The second kappa shape index (κ2) is 5.42. The molecule has 1 atom stereocenters. The Labute approximate surface area is 133 Å². The van der Waals surface area contributed by atoms with E-state index < -0.39 is 23.4 Å². The van der Waals surface area contributed by atoms with Gasteiger partial charge in [-0.25, -0.2) is 0 Å². The first kappa shape index (κ1) is 16.1. The molecule has 1 aromatic carbocycles. The topological polar surface area (TPSA) is 29.5 Å². The molecule has 3 rings (SSSR count). The van der Waals surface area contributed by atoms with Crippen molar-refractivity contribution in [1.82, 2.24) is 4.90 Å². The molecule has 0 spiro atoms. The molecular formula is C17H20F3NO2. The van der Waals surface area contributed by atoms with E-state index in [1.165, 1.54) is 6.07 Å². The zero-order valence-electron chi connectivity index (χ0n) is 13.2. The number of hydrogen-bond acceptors (Lipinski definition) is 2. The van der Waals surface area contributed by atoms with E-state index in [9.17, 15) is 18.0 Å². The van der Waals surface area contributed by atoms with Gasteiger partial charge in [0.15, 0.2) is 0 Å². The number of halogens is 3. The molecule has 0 unspecified atom stereocenters. The van der Waals surface area contributed by atoms with Crippen LogP contribution < -0.4 is 4.74 Å². The van der Waals surface area contributed by atoms with Gasteiger partial charge < -0.3 is 9.64 Å². The highest BCUT2D eigenvalue weighted by Crippen LogP contribution is 2.48. The van der Waals surface area contributed by atoms with Gasteiger partial charge >= 0.3 is 6.18 Å². The number of rotatable bonds is 1. The van der Waals surface area contributed by atoms with E-state index in [4.69, 9.17) is 4.74 Å². The number of alkyl halides is 3. The smallest absolute Gasteiger partial charge is 0.416 e. The number of carbonyl (C=O) groups is 1. The van der Waals surface area contributed by atoms with Crippen molar-refractivity contribution in [3.05, 3.63) is 29.3 Å². The molecule has 0 radical (unpaired) electrons. The maximum Gasteiger partial charge on any atom is 0.416 e. The molecule has 3 nitrogen and oxygen atoms in total. The lowest BCUT2D eigenvalue weighted by atomic mass is 9.85. The minimum atomic E-state index is -4.47. The van der Waals surface area contributed by atoms with Gasteiger partial charge in [0.05, 0.1) is 11.6 Å². The van der Waals surface area contributed by atoms with Crippen molar-refractivity contribution < 1.29 is 22.7 Å². The summed E-state index contributed by atoms with van der Waals surface area (Å²) in [6.07, 6.45) is -2.07. The number of benzene rings is 1. The number of ether oxygens (including phenoxy) is 1. The third-order valence-corrected chi connectivity index (χ3v) is 4.51. The van der Waals surface area contributed by atoms with E-state index in [1.54, 1.807) is 11.0 Å². The SMILES string of the molecule is CC1(C)C[C@H](N2CCCCC2=O)c2c(cccc2C(F)(F)F)O1. The first-order valence-electron chi connectivity index (χ1n) is 7.88. The van der Waals surface area contributed by atoms with Crippen LogP contribution in [0.4, 0.5) is 13.2 Å². The first-order chi connectivity index (χ1) is 10.7. The number of carbonyl (C=O) groups excluding carboxylic acids is 1. The molecule has 1 aromatic rings. The van der Waals surface area contributed by atoms with E-state index in [2.05, 4.69) is 0 Å². The van der Waals surface area contributed by atoms with Gasteiger partial charge in [0.25, 0.3) is 0 Å². The van der Waals surface area contributed by atoms with Crippen molar-refractivity contribution in [3.8, 4) is 5.75 Å². The van der Waals surface area contributed by atoms with Crippen LogP contribution in [0.15, 0.2) is 18.2 Å². The van der Waals surface area contributed by atoms with Gasteiger partial charge in [0, 0.05) is 24.9 Å². The van der Waals surface area contributed by atoms with Crippen LogP contribution >= 0.6 is 0 Å². The molecule has 1 saturated heterocycles. The summed E-state index contributed by atoms with van der Waals surface area (Å²) in [5.41, 5.74) is -1.21. The highest BCUT2D eigenvalue weighted by molar-refractivity contribution is 5.77. The monoisotopic (exact) mass is 327 g/mol. The summed E-state index contributed by atoms with van der Waals surface area (Å²) in [4.78, 5) is 13.9. The third kappa shape index (κ3) is 3.03. The van der Waals surface area contributed by atoms with Gasteiger partial charge in [0.2, 0.25) is 5.91 Å². The third-order valence-electron chi connectivity index (χ3n) is 4.51. The lowest BCUT2D eigenvalue weighted by Gasteiger charge is -2.44. The Morgan fingerprint density at radius 3 is 2.65 bits per heavy atom. The van der Waals surface area contributed by atoms with E-state index in [0.717, 1.165) is 18.9 Å². The summed E-state index contributed by atoms with van der Waals surface area (Å²) < 4.78 is 46.1. The molecule has 2 aliphatic rings. The van der Waals surface area contributed by atoms with Gasteiger partial charge in [-0.05, 0) is 38.8 Å². The summed E-state index contributed by atoms with van der Waals surface area (Å²) in [6, 6.07) is 3.41. The Bertz CT molecular complexity index is 625. The number of likely N-dealkylation sites (tertiary alicyclic amines) is 1. The Morgan fingerprint density at radius 2 is 2.00 bits per heavy atom. The summed E-state index contributed by atoms with van der Waals surface area (Å²) >= 11 is 0. The number of hydrogen-bond donors (Lipinski definition) is 0. The summed E-state index contributed by atoms with van der Waals surface area (Å²) in [6.45, 7) is 4.19. The fourth-order valence-corrected chi connectivity index (χ4v) is 3.55. The van der Waals surface area contributed by atoms with Crippen molar-refractivity contribution >= 4 is 5.91 Å². The fourth-order valence-electron chi connectivity index (χ4n) is 3.55. The van der Waals surface area contributed by atoms with Crippen molar-refractivity contribution in [3.63, 3.8) is 0 Å². The van der Waals surface area contributed by atoms with E-state index in [0.29, 0.717) is 19.4 Å². The molecule has 6 heteroatoms. The molecule has 23 heavy (non-hydrogen) atoms. The van der Waals surface area contributed by atoms with Gasteiger partial charge in [-0.2, -0.15) is 13.2 Å². The number of amides is 1. The first-order valence-corrected chi connectivity index (χ1v) is 7.88. The molecule has 0 bridgehead atoms. The van der Waals surface area contributed by atoms with Crippen LogP contribution in [0.25, 0.3) is 0 Å². The molecule has 2 aliphatic heterocycles. The van der Waals surface area contributed by atoms with Crippen molar-refractivity contribution in [2.45, 2.75) is 57.3 Å². The predicted octanol–water partition coefficient (Wildman–Crippen LogP) is 4.32. The molecule has 0 aliphatic carbocycles. The average molecular weight is 327 g/mol. The Hall–Kier alpha value is -1.72. The van der Waals surface area contributed by atoms with E-state index >= 15 is 0 Å². The summed E-state index contributed by atoms with van der Waals surface area (Å²) in [5, 5.41) is 0. The maximum atomic E-state index is 13.4. The van der Waals surface area contributed by atoms with Crippen LogP contribution in [0.2, 0.25) is 0 Å². The van der Waals surface area contributed by atoms with E-state index in [-0.39, 0.29) is 17.2 Å². The Balaban J connectivity index is 2.12. The van der Waals surface area contributed by atoms with Gasteiger partial charge in [0.1, 0.15) is 11.4 Å². The van der Waals surface area contributed by atoms with Crippen LogP contribution in [0.1, 0.15) is 56.7 Å². The largest absolute Gasteiger partial charge is 0.487 e. The molecule has 0 N–H and O–H groups in total. The van der Waals surface area contributed by atoms with Crippen LogP contribution in [-0.2, 0) is 11.0 Å². The predicted molar refractivity (Wildman–Crippen MR) is 79.1 cm³/mol. The minimum absolute atomic E-state index is 0.0677. The van der Waals surface area contributed by atoms with Crippen LogP contribution in [0, 0.1) is 0 Å². The number of nitrogens with zero attached hydrogens (tertiary/aromatic N) is 1. The molecule has 1 amide bonds. The molecule has 126 valence electrons. The van der Waals surface area contributed by atoms with Crippen molar-refractivity contribution in [2.24, 2.45) is 0 Å². The van der Waals surface area contributed by atoms with Crippen molar-refractivity contribution in [2.75, 3.05) is 6.54 Å². The van der Waals surface area contributed by atoms with Crippen LogP contribution in [0.3, 0.4) is 0 Å². The standard InChI is InChI=1S/C17H20F3NO2/c1-16(2)10-12(21-9-4-3-8-14(21)22)15-11(17(18,19)20)6-5-7-13(15)23-16/h5-7,12H,3-4,8-10H2,1-2H3/t12-/m0/s1. The van der Waals surface area contributed by atoms with Crippen LogP contribution in [0.5, 0.6) is 5.75 Å². The maximum absolute atomic E-state index is 13.4. The zero-order valence-corrected chi connectivity index (χ0v) is 13.2. The highest BCUT2D eigenvalue weighted by atomic mass is 19.4. The normalized spacial score (nSPS) is 24.1. The van der Waals surface area contributed by atoms with Crippen molar-refractivity contribution in [1.29, 1.82) is 0 Å². The molecule has 0 saturated carbocycles. The zero-order chi connectivity index (χ0) is 16.8.